The summed E-state index contributed by atoms with van der Waals surface area (Å²) in [6.45, 7) is 3.01. The van der Waals surface area contributed by atoms with Crippen molar-refractivity contribution >= 4 is 32.2 Å². The zero-order valence-corrected chi connectivity index (χ0v) is 14.3. The quantitative estimate of drug-likeness (QED) is 0.747. The Balaban J connectivity index is 1.69. The van der Waals surface area contributed by atoms with E-state index in [4.69, 9.17) is 0 Å². The summed E-state index contributed by atoms with van der Waals surface area (Å²) in [6.07, 6.45) is 1.71. The topological polar surface area (TPSA) is 29.1 Å². The predicted molar refractivity (Wildman–Crippen MR) is 95.9 cm³/mol. The summed E-state index contributed by atoms with van der Waals surface area (Å²) < 4.78 is 12.7. The van der Waals surface area contributed by atoms with E-state index in [1.807, 2.05) is 24.3 Å². The van der Waals surface area contributed by atoms with E-state index in [1.165, 1.54) is 21.2 Å². The van der Waals surface area contributed by atoms with E-state index < -0.39 is 10.8 Å². The molecule has 1 N–H and O–H groups in total. The third-order valence-corrected chi connectivity index (χ3v) is 5.76. The van der Waals surface area contributed by atoms with Crippen LogP contribution in [0, 0.1) is 0 Å². The summed E-state index contributed by atoms with van der Waals surface area (Å²) in [6, 6.07) is 16.8. The van der Waals surface area contributed by atoms with Crippen LogP contribution in [-0.2, 0) is 17.3 Å². The zero-order chi connectivity index (χ0) is 15.5. The van der Waals surface area contributed by atoms with Gasteiger partial charge < -0.3 is 5.32 Å². The van der Waals surface area contributed by atoms with E-state index in [9.17, 15) is 4.21 Å². The molecule has 2 nitrogen and oxygen atoms in total. The van der Waals surface area contributed by atoms with Gasteiger partial charge in [0.25, 0.3) is 0 Å². The minimum absolute atomic E-state index is 0.302. The summed E-state index contributed by atoms with van der Waals surface area (Å²) >= 11 is 1.80. The molecule has 0 radical (unpaired) electrons. The molecular weight excluding hydrogens is 310 g/mol. The van der Waals surface area contributed by atoms with Gasteiger partial charge >= 0.3 is 0 Å². The fourth-order valence-electron chi connectivity index (χ4n) is 2.51. The van der Waals surface area contributed by atoms with Crippen molar-refractivity contribution in [3.8, 4) is 0 Å². The van der Waals surface area contributed by atoms with Gasteiger partial charge in [0, 0.05) is 39.2 Å². The highest BCUT2D eigenvalue weighted by atomic mass is 32.2. The lowest BCUT2D eigenvalue weighted by Gasteiger charge is -2.13. The summed E-state index contributed by atoms with van der Waals surface area (Å²) in [5.41, 5.74) is 2.56. The molecular formula is C18H19NOS2. The molecule has 114 valence electrons. The summed E-state index contributed by atoms with van der Waals surface area (Å²) in [4.78, 5) is 0.876. The molecule has 2 atom stereocenters. The molecule has 1 heterocycles. The van der Waals surface area contributed by atoms with E-state index in [2.05, 4.69) is 41.9 Å². The lowest BCUT2D eigenvalue weighted by molar-refractivity contribution is 0.579. The van der Waals surface area contributed by atoms with Crippen molar-refractivity contribution < 1.29 is 4.21 Å². The van der Waals surface area contributed by atoms with E-state index >= 15 is 0 Å². The molecule has 0 aliphatic carbocycles. The Kier molecular flexibility index (Phi) is 4.71. The maximum Gasteiger partial charge on any atom is 0.0498 e. The van der Waals surface area contributed by atoms with Crippen molar-refractivity contribution in [2.24, 2.45) is 0 Å². The molecule has 3 aromatic rings. The van der Waals surface area contributed by atoms with Gasteiger partial charge in [-0.2, -0.15) is 0 Å². The van der Waals surface area contributed by atoms with Crippen LogP contribution in [0.5, 0.6) is 0 Å². The van der Waals surface area contributed by atoms with Crippen molar-refractivity contribution in [1.82, 2.24) is 5.32 Å². The predicted octanol–water partition coefficient (Wildman–Crippen LogP) is 4.49. The van der Waals surface area contributed by atoms with E-state index in [1.54, 1.807) is 17.6 Å². The SMILES string of the molecule is C[C@@H](NCc1ccc([S@@](C)=O)cc1)c1csc2ccccc12. The summed E-state index contributed by atoms with van der Waals surface area (Å²) in [5.74, 6) is 0. The molecule has 0 spiro atoms. The highest BCUT2D eigenvalue weighted by Crippen LogP contribution is 2.30. The average Bonchev–Trinajstić information content (AvgIpc) is 2.97. The number of benzene rings is 2. The smallest absolute Gasteiger partial charge is 0.0498 e. The molecule has 0 unspecified atom stereocenters. The Labute approximate surface area is 137 Å². The van der Waals surface area contributed by atoms with Gasteiger partial charge in [-0.1, -0.05) is 30.3 Å². The first-order valence-electron chi connectivity index (χ1n) is 7.27. The fourth-order valence-corrected chi connectivity index (χ4v) is 4.09. The monoisotopic (exact) mass is 329 g/mol. The third kappa shape index (κ3) is 3.29. The van der Waals surface area contributed by atoms with Gasteiger partial charge in [-0.15, -0.1) is 11.3 Å². The Hall–Kier alpha value is -1.49. The molecule has 0 saturated carbocycles. The van der Waals surface area contributed by atoms with Crippen LogP contribution in [0.2, 0.25) is 0 Å². The van der Waals surface area contributed by atoms with Crippen LogP contribution in [-0.4, -0.2) is 10.5 Å². The number of nitrogens with one attached hydrogen (secondary N) is 1. The van der Waals surface area contributed by atoms with Gasteiger partial charge in [-0.05, 0) is 47.0 Å². The molecule has 0 fully saturated rings. The number of fused-ring (bicyclic) bond motifs is 1. The first-order chi connectivity index (χ1) is 10.6. The maximum absolute atomic E-state index is 11.4. The molecule has 0 bridgehead atoms. The second-order valence-electron chi connectivity index (χ2n) is 5.39. The van der Waals surface area contributed by atoms with Gasteiger partial charge in [-0.3, -0.25) is 4.21 Å². The lowest BCUT2D eigenvalue weighted by atomic mass is 10.1. The van der Waals surface area contributed by atoms with Gasteiger partial charge in [0.15, 0.2) is 0 Å². The molecule has 22 heavy (non-hydrogen) atoms. The molecule has 0 saturated heterocycles. The standard InChI is InChI=1S/C18H19NOS2/c1-13(17-12-21-18-6-4-3-5-16(17)18)19-11-14-7-9-15(10-8-14)22(2)20/h3-10,12-13,19H,11H2,1-2H3/t13-,22-/m1/s1. The Bertz CT molecular complexity index is 792. The van der Waals surface area contributed by atoms with Crippen molar-refractivity contribution in [2.75, 3.05) is 6.26 Å². The van der Waals surface area contributed by atoms with Crippen LogP contribution in [0.1, 0.15) is 24.1 Å². The van der Waals surface area contributed by atoms with Crippen molar-refractivity contribution in [3.05, 3.63) is 65.0 Å². The van der Waals surface area contributed by atoms with E-state index in [0.717, 1.165) is 11.4 Å². The summed E-state index contributed by atoms with van der Waals surface area (Å²) in [5, 5.41) is 7.15. The Morgan fingerprint density at radius 1 is 1.14 bits per heavy atom. The molecule has 3 rings (SSSR count). The second-order valence-corrected chi connectivity index (χ2v) is 7.68. The normalized spacial score (nSPS) is 14.1. The lowest BCUT2D eigenvalue weighted by Crippen LogP contribution is -2.17. The average molecular weight is 329 g/mol. The Morgan fingerprint density at radius 3 is 2.59 bits per heavy atom. The first-order valence-corrected chi connectivity index (χ1v) is 9.71. The zero-order valence-electron chi connectivity index (χ0n) is 12.7. The number of rotatable bonds is 5. The Morgan fingerprint density at radius 2 is 1.86 bits per heavy atom. The molecule has 4 heteroatoms. The molecule has 0 amide bonds. The van der Waals surface area contributed by atoms with Gasteiger partial charge in [0.05, 0.1) is 0 Å². The first kappa shape index (κ1) is 15.4. The minimum atomic E-state index is -0.909. The van der Waals surface area contributed by atoms with Gasteiger partial charge in [0.2, 0.25) is 0 Å². The number of thiophene rings is 1. The highest BCUT2D eigenvalue weighted by molar-refractivity contribution is 7.84. The molecule has 2 aromatic carbocycles. The van der Waals surface area contributed by atoms with Crippen LogP contribution >= 0.6 is 11.3 Å². The van der Waals surface area contributed by atoms with Crippen molar-refractivity contribution in [2.45, 2.75) is 24.4 Å². The maximum atomic E-state index is 11.4. The van der Waals surface area contributed by atoms with Crippen molar-refractivity contribution in [3.63, 3.8) is 0 Å². The third-order valence-electron chi connectivity index (χ3n) is 3.85. The van der Waals surface area contributed by atoms with Crippen LogP contribution in [0.25, 0.3) is 10.1 Å². The van der Waals surface area contributed by atoms with Gasteiger partial charge in [-0.25, -0.2) is 0 Å². The van der Waals surface area contributed by atoms with Gasteiger partial charge in [0.1, 0.15) is 0 Å². The number of hydrogen-bond donors (Lipinski definition) is 1. The molecule has 0 aliphatic heterocycles. The van der Waals surface area contributed by atoms with Crippen LogP contribution in [0.15, 0.2) is 58.8 Å². The number of hydrogen-bond acceptors (Lipinski definition) is 3. The van der Waals surface area contributed by atoms with Crippen LogP contribution in [0.4, 0.5) is 0 Å². The second kappa shape index (κ2) is 6.73. The summed E-state index contributed by atoms with van der Waals surface area (Å²) in [7, 11) is -0.909. The minimum Gasteiger partial charge on any atom is -0.306 e. The molecule has 0 aliphatic rings. The van der Waals surface area contributed by atoms with Crippen molar-refractivity contribution in [1.29, 1.82) is 0 Å². The van der Waals surface area contributed by atoms with Crippen LogP contribution in [0.3, 0.4) is 0 Å². The highest BCUT2D eigenvalue weighted by Gasteiger charge is 2.10. The fraction of sp³-hybridized carbons (Fsp3) is 0.222. The van der Waals surface area contributed by atoms with Crippen LogP contribution < -0.4 is 5.32 Å². The van der Waals surface area contributed by atoms with E-state index in [-0.39, 0.29) is 0 Å². The van der Waals surface area contributed by atoms with E-state index in [0.29, 0.717) is 6.04 Å². The largest absolute Gasteiger partial charge is 0.306 e. The molecule has 1 aromatic heterocycles.